The topological polar surface area (TPSA) is 69.8 Å². The van der Waals surface area contributed by atoms with Crippen LogP contribution < -0.4 is 10.6 Å². The number of nitrogens with zero attached hydrogens (tertiary/aromatic N) is 1. The van der Waals surface area contributed by atoms with E-state index in [1.165, 1.54) is 29.7 Å². The van der Waals surface area contributed by atoms with Crippen molar-refractivity contribution >= 4 is 17.2 Å². The van der Waals surface area contributed by atoms with Crippen LogP contribution in [0, 0.1) is 0 Å². The third kappa shape index (κ3) is 2.91. The lowest BCUT2D eigenvalue weighted by molar-refractivity contribution is 0.0948. The first-order valence-corrected chi connectivity index (χ1v) is 7.80. The maximum absolute atomic E-state index is 11.7. The molecule has 2 aromatic heterocycles. The molecule has 0 saturated carbocycles. The Morgan fingerprint density at radius 3 is 3.25 bits per heavy atom. The van der Waals surface area contributed by atoms with E-state index in [4.69, 9.17) is 0 Å². The standard InChI is InChI=1S/C14H18N4OS/c19-14(12-4-6-17-18-12)16-8-7-15-11-2-1-3-13-10(11)5-9-20-13/h4-6,9,11,15H,1-3,7-8H2,(H,16,19)(H,17,18). The number of amides is 1. The Hall–Kier alpha value is -1.66. The smallest absolute Gasteiger partial charge is 0.269 e. The lowest BCUT2D eigenvalue weighted by atomic mass is 9.94. The van der Waals surface area contributed by atoms with E-state index in [1.807, 2.05) is 11.3 Å². The van der Waals surface area contributed by atoms with Crippen molar-refractivity contribution in [3.63, 3.8) is 0 Å². The van der Waals surface area contributed by atoms with Gasteiger partial charge < -0.3 is 10.6 Å². The normalized spacial score (nSPS) is 17.7. The third-order valence-corrected chi connectivity index (χ3v) is 4.60. The van der Waals surface area contributed by atoms with Crippen molar-refractivity contribution in [3.8, 4) is 0 Å². The zero-order valence-electron chi connectivity index (χ0n) is 11.2. The first-order valence-electron chi connectivity index (χ1n) is 6.92. The first-order chi connectivity index (χ1) is 9.84. The molecule has 3 rings (SSSR count). The van der Waals surface area contributed by atoms with Crippen LogP contribution in [0.1, 0.15) is 39.8 Å². The number of hydrogen-bond donors (Lipinski definition) is 3. The van der Waals surface area contributed by atoms with E-state index in [0.717, 1.165) is 6.54 Å². The van der Waals surface area contributed by atoms with E-state index >= 15 is 0 Å². The summed E-state index contributed by atoms with van der Waals surface area (Å²) >= 11 is 1.85. The fourth-order valence-corrected chi connectivity index (χ4v) is 3.59. The maximum Gasteiger partial charge on any atom is 0.269 e. The van der Waals surface area contributed by atoms with Crippen molar-refractivity contribution in [3.05, 3.63) is 39.8 Å². The van der Waals surface area contributed by atoms with Gasteiger partial charge in [-0.05, 0) is 42.3 Å². The summed E-state index contributed by atoms with van der Waals surface area (Å²) in [5, 5.41) is 15.0. The zero-order chi connectivity index (χ0) is 13.8. The minimum Gasteiger partial charge on any atom is -0.349 e. The summed E-state index contributed by atoms with van der Waals surface area (Å²) in [6.07, 6.45) is 5.21. The Balaban J connectivity index is 1.44. The maximum atomic E-state index is 11.7. The molecule has 0 bridgehead atoms. The van der Waals surface area contributed by atoms with Crippen LogP contribution in [0.15, 0.2) is 23.7 Å². The van der Waals surface area contributed by atoms with Crippen LogP contribution >= 0.6 is 11.3 Å². The zero-order valence-corrected chi connectivity index (χ0v) is 12.0. The number of thiophene rings is 1. The minimum atomic E-state index is -0.107. The van der Waals surface area contributed by atoms with Crippen molar-refractivity contribution in [1.82, 2.24) is 20.8 Å². The molecule has 1 atom stereocenters. The average molecular weight is 290 g/mol. The molecule has 3 N–H and O–H groups in total. The molecule has 2 aromatic rings. The molecule has 0 aliphatic heterocycles. The summed E-state index contributed by atoms with van der Waals surface area (Å²) in [5.74, 6) is -0.107. The molecule has 5 nitrogen and oxygen atoms in total. The number of rotatable bonds is 5. The molecule has 1 amide bonds. The molecule has 0 saturated heterocycles. The second-order valence-electron chi connectivity index (χ2n) is 4.92. The van der Waals surface area contributed by atoms with Gasteiger partial charge in [0, 0.05) is 30.2 Å². The summed E-state index contributed by atoms with van der Waals surface area (Å²) in [4.78, 5) is 13.2. The summed E-state index contributed by atoms with van der Waals surface area (Å²) in [7, 11) is 0. The molecule has 2 heterocycles. The Bertz CT molecular complexity index is 564. The van der Waals surface area contributed by atoms with Crippen LogP contribution in [0.4, 0.5) is 0 Å². The van der Waals surface area contributed by atoms with E-state index in [-0.39, 0.29) is 5.91 Å². The number of carbonyl (C=O) groups excluding carboxylic acids is 1. The van der Waals surface area contributed by atoms with Gasteiger partial charge in [0.15, 0.2) is 0 Å². The molecular formula is C14H18N4OS. The molecule has 106 valence electrons. The quantitative estimate of drug-likeness (QED) is 0.736. The van der Waals surface area contributed by atoms with Crippen molar-refractivity contribution < 1.29 is 4.79 Å². The van der Waals surface area contributed by atoms with E-state index in [0.29, 0.717) is 18.3 Å². The molecule has 0 fully saturated rings. The number of aromatic amines is 1. The first kappa shape index (κ1) is 13.3. The second-order valence-corrected chi connectivity index (χ2v) is 5.92. The summed E-state index contributed by atoms with van der Waals surface area (Å²) in [5.41, 5.74) is 1.95. The van der Waals surface area contributed by atoms with Gasteiger partial charge in [0.05, 0.1) is 0 Å². The molecule has 20 heavy (non-hydrogen) atoms. The summed E-state index contributed by atoms with van der Waals surface area (Å²) < 4.78 is 0. The molecule has 0 aromatic carbocycles. The third-order valence-electron chi connectivity index (χ3n) is 3.60. The van der Waals surface area contributed by atoms with Gasteiger partial charge in [-0.15, -0.1) is 11.3 Å². The van der Waals surface area contributed by atoms with Crippen LogP contribution in [0.5, 0.6) is 0 Å². The van der Waals surface area contributed by atoms with Crippen molar-refractivity contribution in [2.24, 2.45) is 0 Å². The van der Waals surface area contributed by atoms with Crippen LogP contribution in [-0.2, 0) is 6.42 Å². The lowest BCUT2D eigenvalue weighted by Gasteiger charge is -2.23. The molecular weight excluding hydrogens is 272 g/mol. The van der Waals surface area contributed by atoms with Gasteiger partial charge in [-0.1, -0.05) is 0 Å². The average Bonchev–Trinajstić information content (AvgIpc) is 3.13. The Morgan fingerprint density at radius 1 is 1.45 bits per heavy atom. The van der Waals surface area contributed by atoms with Gasteiger partial charge in [0.2, 0.25) is 0 Å². The SMILES string of the molecule is O=C(NCCNC1CCCc2sccc21)c1ccn[nH]1. The van der Waals surface area contributed by atoms with Crippen LogP contribution in [0.25, 0.3) is 0 Å². The van der Waals surface area contributed by atoms with Crippen molar-refractivity contribution in [1.29, 1.82) is 0 Å². The second kappa shape index (κ2) is 6.19. The van der Waals surface area contributed by atoms with E-state index in [1.54, 1.807) is 12.3 Å². The number of carbonyl (C=O) groups is 1. The van der Waals surface area contributed by atoms with Gasteiger partial charge in [-0.25, -0.2) is 0 Å². The highest BCUT2D eigenvalue weighted by molar-refractivity contribution is 7.10. The Kier molecular flexibility index (Phi) is 4.13. The fraction of sp³-hybridized carbons (Fsp3) is 0.429. The monoisotopic (exact) mass is 290 g/mol. The number of aromatic nitrogens is 2. The van der Waals surface area contributed by atoms with Gasteiger partial charge in [0.1, 0.15) is 5.69 Å². The summed E-state index contributed by atoms with van der Waals surface area (Å²) in [6.45, 7) is 1.40. The van der Waals surface area contributed by atoms with Gasteiger partial charge in [-0.2, -0.15) is 5.10 Å². The summed E-state index contributed by atoms with van der Waals surface area (Å²) in [6, 6.07) is 4.33. The van der Waals surface area contributed by atoms with E-state index < -0.39 is 0 Å². The van der Waals surface area contributed by atoms with Crippen LogP contribution in [0.3, 0.4) is 0 Å². The lowest BCUT2D eigenvalue weighted by Crippen LogP contribution is -2.34. The number of H-pyrrole nitrogens is 1. The van der Waals surface area contributed by atoms with Crippen LogP contribution in [0.2, 0.25) is 0 Å². The van der Waals surface area contributed by atoms with Gasteiger partial charge in [0.25, 0.3) is 5.91 Å². The predicted octanol–water partition coefficient (Wildman–Crippen LogP) is 1.87. The van der Waals surface area contributed by atoms with Crippen LogP contribution in [-0.4, -0.2) is 29.2 Å². The Morgan fingerprint density at radius 2 is 2.40 bits per heavy atom. The highest BCUT2D eigenvalue weighted by atomic mass is 32.1. The van der Waals surface area contributed by atoms with E-state index in [9.17, 15) is 4.79 Å². The number of hydrogen-bond acceptors (Lipinski definition) is 4. The predicted molar refractivity (Wildman–Crippen MR) is 78.9 cm³/mol. The molecule has 1 aliphatic carbocycles. The van der Waals surface area contributed by atoms with Crippen molar-refractivity contribution in [2.75, 3.05) is 13.1 Å². The molecule has 1 unspecified atom stereocenters. The highest BCUT2D eigenvalue weighted by Gasteiger charge is 2.20. The van der Waals surface area contributed by atoms with Gasteiger partial charge in [-0.3, -0.25) is 9.89 Å². The molecule has 0 radical (unpaired) electrons. The highest BCUT2D eigenvalue weighted by Crippen LogP contribution is 2.32. The molecule has 0 spiro atoms. The fourth-order valence-electron chi connectivity index (χ4n) is 2.60. The largest absolute Gasteiger partial charge is 0.349 e. The number of fused-ring (bicyclic) bond motifs is 1. The minimum absolute atomic E-state index is 0.107. The van der Waals surface area contributed by atoms with E-state index in [2.05, 4.69) is 32.3 Å². The molecule has 1 aliphatic rings. The van der Waals surface area contributed by atoms with Gasteiger partial charge >= 0.3 is 0 Å². The Labute approximate surface area is 121 Å². The molecule has 6 heteroatoms. The van der Waals surface area contributed by atoms with Crippen molar-refractivity contribution in [2.45, 2.75) is 25.3 Å². The number of nitrogens with one attached hydrogen (secondary N) is 3. The number of aryl methyl sites for hydroxylation is 1.